The van der Waals surface area contributed by atoms with Gasteiger partial charge in [-0.25, -0.2) is 4.79 Å². The van der Waals surface area contributed by atoms with Crippen LogP contribution in [0.3, 0.4) is 0 Å². The smallest absolute Gasteiger partial charge is 0.355 e. The van der Waals surface area contributed by atoms with Crippen LogP contribution in [-0.2, 0) is 9.53 Å². The van der Waals surface area contributed by atoms with Crippen LogP contribution in [0.1, 0.15) is 30.8 Å². The van der Waals surface area contributed by atoms with E-state index < -0.39 is 5.97 Å². The summed E-state index contributed by atoms with van der Waals surface area (Å²) in [5, 5.41) is 3.17. The molecule has 6 heteroatoms. The highest BCUT2D eigenvalue weighted by Crippen LogP contribution is 2.08. The highest BCUT2D eigenvalue weighted by Gasteiger charge is 2.13. The highest BCUT2D eigenvalue weighted by atomic mass is 16.5. The van der Waals surface area contributed by atoms with Crippen LogP contribution in [0.25, 0.3) is 10.9 Å². The Bertz CT molecular complexity index is 765. The topological polar surface area (TPSA) is 88.3 Å². The molecule has 1 amide bonds. The molecular weight excluding hydrogens is 296 g/mol. The number of aromatic amines is 1. The Morgan fingerprint density at radius 3 is 2.74 bits per heavy atom. The van der Waals surface area contributed by atoms with Crippen molar-refractivity contribution >= 4 is 22.8 Å². The van der Waals surface area contributed by atoms with E-state index in [0.29, 0.717) is 23.4 Å². The molecule has 0 radical (unpaired) electrons. The number of ether oxygens (including phenoxy) is 1. The summed E-state index contributed by atoms with van der Waals surface area (Å²) in [6.45, 7) is 4.29. The molecule has 0 bridgehead atoms. The van der Waals surface area contributed by atoms with Crippen molar-refractivity contribution in [3.63, 3.8) is 0 Å². The van der Waals surface area contributed by atoms with Gasteiger partial charge >= 0.3 is 5.97 Å². The molecule has 1 aromatic heterocycles. The number of rotatable bonds is 6. The Kier molecular flexibility index (Phi) is 5.51. The van der Waals surface area contributed by atoms with Gasteiger partial charge < -0.3 is 15.0 Å². The van der Waals surface area contributed by atoms with Gasteiger partial charge in [-0.1, -0.05) is 26.0 Å². The number of H-pyrrole nitrogens is 1. The van der Waals surface area contributed by atoms with Crippen molar-refractivity contribution < 1.29 is 14.3 Å². The van der Waals surface area contributed by atoms with Crippen LogP contribution in [-0.4, -0.2) is 30.0 Å². The minimum absolute atomic E-state index is 0.0312. The largest absolute Gasteiger partial charge is 0.451 e. The van der Waals surface area contributed by atoms with Crippen LogP contribution in [0.2, 0.25) is 0 Å². The number of aromatic nitrogens is 1. The number of carbonyl (C=O) groups excluding carboxylic acids is 2. The van der Waals surface area contributed by atoms with Crippen LogP contribution in [0.4, 0.5) is 0 Å². The summed E-state index contributed by atoms with van der Waals surface area (Å²) in [5.74, 6) is -0.602. The summed E-state index contributed by atoms with van der Waals surface area (Å²) in [4.78, 5) is 38.3. The number of hydrogen-bond acceptors (Lipinski definition) is 4. The quantitative estimate of drug-likeness (QED) is 0.796. The molecule has 122 valence electrons. The molecule has 2 N–H and O–H groups in total. The second-order valence-corrected chi connectivity index (χ2v) is 5.70. The Balaban J connectivity index is 1.96. The normalized spacial score (nSPS) is 10.7. The van der Waals surface area contributed by atoms with Crippen LogP contribution < -0.4 is 10.7 Å². The second kappa shape index (κ2) is 7.58. The average molecular weight is 316 g/mol. The minimum atomic E-state index is -0.730. The van der Waals surface area contributed by atoms with E-state index in [1.165, 1.54) is 6.07 Å². The maximum Gasteiger partial charge on any atom is 0.355 e. The Labute approximate surface area is 133 Å². The molecule has 0 aliphatic rings. The van der Waals surface area contributed by atoms with Gasteiger partial charge in [0.2, 0.25) is 0 Å². The molecule has 6 nitrogen and oxygen atoms in total. The van der Waals surface area contributed by atoms with Crippen molar-refractivity contribution in [3.8, 4) is 0 Å². The second-order valence-electron chi connectivity index (χ2n) is 5.70. The molecule has 0 aliphatic heterocycles. The first-order valence-electron chi connectivity index (χ1n) is 7.53. The van der Waals surface area contributed by atoms with Crippen molar-refractivity contribution in [2.75, 3.05) is 13.2 Å². The van der Waals surface area contributed by atoms with E-state index in [0.717, 1.165) is 6.42 Å². The van der Waals surface area contributed by atoms with Gasteiger partial charge in [0.05, 0.1) is 0 Å². The lowest BCUT2D eigenvalue weighted by atomic mass is 10.1. The Hall–Kier alpha value is -2.63. The fourth-order valence-electron chi connectivity index (χ4n) is 2.07. The molecule has 2 aromatic rings. The van der Waals surface area contributed by atoms with E-state index in [4.69, 9.17) is 4.74 Å². The molecule has 23 heavy (non-hydrogen) atoms. The fraction of sp³-hybridized carbons (Fsp3) is 0.353. The molecule has 0 atom stereocenters. The SMILES string of the molecule is CC(C)CCNC(=O)COC(=O)c1cc(=O)c2ccccc2[nH]1. The number of pyridine rings is 1. The number of amides is 1. The van der Waals surface area contributed by atoms with Gasteiger partial charge in [0.1, 0.15) is 5.69 Å². The maximum atomic E-state index is 12.0. The average Bonchev–Trinajstić information content (AvgIpc) is 2.52. The highest BCUT2D eigenvalue weighted by molar-refractivity contribution is 5.92. The summed E-state index contributed by atoms with van der Waals surface area (Å²) in [6, 6.07) is 8.06. The van der Waals surface area contributed by atoms with Gasteiger partial charge in [-0.15, -0.1) is 0 Å². The predicted octanol–water partition coefficient (Wildman–Crippen LogP) is 1.85. The first kappa shape index (κ1) is 16.7. The van der Waals surface area contributed by atoms with Gasteiger partial charge in [-0.3, -0.25) is 9.59 Å². The summed E-state index contributed by atoms with van der Waals surface area (Å²) in [6.07, 6.45) is 0.859. The number of para-hydroxylation sites is 1. The number of esters is 1. The van der Waals surface area contributed by atoms with E-state index in [2.05, 4.69) is 24.1 Å². The van der Waals surface area contributed by atoms with Gasteiger partial charge in [-0.05, 0) is 24.5 Å². The van der Waals surface area contributed by atoms with Gasteiger partial charge in [0, 0.05) is 23.5 Å². The lowest BCUT2D eigenvalue weighted by Crippen LogP contribution is -2.30. The van der Waals surface area contributed by atoms with Crippen molar-refractivity contribution in [2.24, 2.45) is 5.92 Å². The Morgan fingerprint density at radius 2 is 2.00 bits per heavy atom. The van der Waals surface area contributed by atoms with Gasteiger partial charge in [0.25, 0.3) is 5.91 Å². The zero-order valence-corrected chi connectivity index (χ0v) is 13.2. The third-order valence-corrected chi connectivity index (χ3v) is 3.34. The molecule has 2 rings (SSSR count). The molecule has 0 aliphatic carbocycles. The first-order valence-corrected chi connectivity index (χ1v) is 7.53. The van der Waals surface area contributed by atoms with Gasteiger partial charge in [0.15, 0.2) is 12.0 Å². The molecule has 0 unspecified atom stereocenters. The minimum Gasteiger partial charge on any atom is -0.451 e. The summed E-state index contributed by atoms with van der Waals surface area (Å²) in [7, 11) is 0. The Morgan fingerprint density at radius 1 is 1.26 bits per heavy atom. The van der Waals surface area contributed by atoms with Crippen LogP contribution in [0.5, 0.6) is 0 Å². The van der Waals surface area contributed by atoms with Gasteiger partial charge in [-0.2, -0.15) is 0 Å². The predicted molar refractivity (Wildman–Crippen MR) is 87.3 cm³/mol. The van der Waals surface area contributed by atoms with Crippen molar-refractivity contribution in [2.45, 2.75) is 20.3 Å². The maximum absolute atomic E-state index is 12.0. The van der Waals surface area contributed by atoms with Crippen LogP contribution >= 0.6 is 0 Å². The zero-order valence-electron chi connectivity index (χ0n) is 13.2. The van der Waals surface area contributed by atoms with Crippen molar-refractivity contribution in [3.05, 3.63) is 46.2 Å². The first-order chi connectivity index (χ1) is 11.0. The van der Waals surface area contributed by atoms with Crippen LogP contribution in [0.15, 0.2) is 35.1 Å². The van der Waals surface area contributed by atoms with E-state index in [9.17, 15) is 14.4 Å². The lowest BCUT2D eigenvalue weighted by Gasteiger charge is -2.08. The molecule has 0 saturated heterocycles. The fourth-order valence-corrected chi connectivity index (χ4v) is 2.07. The molecule has 1 aromatic carbocycles. The van der Waals surface area contributed by atoms with E-state index in [-0.39, 0.29) is 23.6 Å². The summed E-state index contributed by atoms with van der Waals surface area (Å²) >= 11 is 0. The standard InChI is InChI=1S/C17H20N2O4/c1-11(2)7-8-18-16(21)10-23-17(22)14-9-15(20)12-5-3-4-6-13(12)19-14/h3-6,9,11H,7-8,10H2,1-2H3,(H,18,21)(H,19,20). The lowest BCUT2D eigenvalue weighted by molar-refractivity contribution is -0.124. The van der Waals surface area contributed by atoms with Crippen molar-refractivity contribution in [1.82, 2.24) is 10.3 Å². The third kappa shape index (κ3) is 4.67. The molecule has 1 heterocycles. The molecule has 0 fully saturated rings. The monoisotopic (exact) mass is 316 g/mol. The number of carbonyl (C=O) groups is 2. The number of fused-ring (bicyclic) bond motifs is 1. The van der Waals surface area contributed by atoms with E-state index in [1.54, 1.807) is 24.3 Å². The van der Waals surface area contributed by atoms with Crippen molar-refractivity contribution in [1.29, 1.82) is 0 Å². The third-order valence-electron chi connectivity index (χ3n) is 3.34. The molecular formula is C17H20N2O4. The number of benzene rings is 1. The van der Waals surface area contributed by atoms with E-state index in [1.807, 2.05) is 0 Å². The van der Waals surface area contributed by atoms with E-state index >= 15 is 0 Å². The van der Waals surface area contributed by atoms with Crippen LogP contribution in [0, 0.1) is 5.92 Å². The zero-order chi connectivity index (χ0) is 16.8. The molecule has 0 spiro atoms. The molecule has 0 saturated carbocycles. The summed E-state index contributed by atoms with van der Waals surface area (Å²) < 4.78 is 4.93. The summed E-state index contributed by atoms with van der Waals surface area (Å²) in [5.41, 5.74) is 0.310. The number of hydrogen-bond donors (Lipinski definition) is 2. The number of nitrogens with one attached hydrogen (secondary N) is 2.